The van der Waals surface area contributed by atoms with Crippen LogP contribution in [0.4, 0.5) is 4.79 Å². The molecule has 0 aromatic carbocycles. The van der Waals surface area contributed by atoms with Crippen molar-refractivity contribution in [1.29, 1.82) is 0 Å². The number of pyridine rings is 1. The third-order valence-corrected chi connectivity index (χ3v) is 2.31. The fourth-order valence-corrected chi connectivity index (χ4v) is 1.51. The molecule has 5 heteroatoms. The van der Waals surface area contributed by atoms with E-state index in [1.54, 1.807) is 6.20 Å². The SMILES string of the molecule is Cc1ncccc1C(N)CNC(=O)OC(C)(C)C. The van der Waals surface area contributed by atoms with Crippen LogP contribution in [0.1, 0.15) is 38.1 Å². The summed E-state index contributed by atoms with van der Waals surface area (Å²) in [7, 11) is 0. The first kappa shape index (κ1) is 14.4. The topological polar surface area (TPSA) is 77.2 Å². The molecule has 1 atom stereocenters. The number of carbonyl (C=O) groups is 1. The summed E-state index contributed by atoms with van der Waals surface area (Å²) < 4.78 is 5.13. The Hall–Kier alpha value is -1.62. The molecule has 0 radical (unpaired) electrons. The van der Waals surface area contributed by atoms with Gasteiger partial charge in [0, 0.05) is 24.5 Å². The Morgan fingerprint density at radius 1 is 1.56 bits per heavy atom. The van der Waals surface area contributed by atoms with Crippen molar-refractivity contribution in [2.24, 2.45) is 5.73 Å². The molecule has 0 aliphatic carbocycles. The molecule has 100 valence electrons. The third-order valence-electron chi connectivity index (χ3n) is 2.31. The van der Waals surface area contributed by atoms with Gasteiger partial charge in [0.2, 0.25) is 0 Å². The zero-order chi connectivity index (χ0) is 13.8. The van der Waals surface area contributed by atoms with Crippen molar-refractivity contribution < 1.29 is 9.53 Å². The van der Waals surface area contributed by atoms with E-state index in [0.717, 1.165) is 11.3 Å². The van der Waals surface area contributed by atoms with Crippen LogP contribution in [0.2, 0.25) is 0 Å². The Bertz CT molecular complexity index is 413. The molecular formula is C13H21N3O2. The van der Waals surface area contributed by atoms with Crippen molar-refractivity contribution >= 4 is 6.09 Å². The summed E-state index contributed by atoms with van der Waals surface area (Å²) in [5, 5.41) is 2.65. The number of aromatic nitrogens is 1. The van der Waals surface area contributed by atoms with E-state index in [2.05, 4.69) is 10.3 Å². The summed E-state index contributed by atoms with van der Waals surface area (Å²) in [4.78, 5) is 15.6. The molecule has 0 saturated heterocycles. The van der Waals surface area contributed by atoms with Gasteiger partial charge < -0.3 is 15.8 Å². The highest BCUT2D eigenvalue weighted by molar-refractivity contribution is 5.67. The number of rotatable bonds is 3. The van der Waals surface area contributed by atoms with Crippen LogP contribution in [0.15, 0.2) is 18.3 Å². The van der Waals surface area contributed by atoms with Gasteiger partial charge in [0.1, 0.15) is 5.60 Å². The highest BCUT2D eigenvalue weighted by Crippen LogP contribution is 2.12. The first-order chi connectivity index (χ1) is 8.29. The predicted molar refractivity (Wildman–Crippen MR) is 70.1 cm³/mol. The second-order valence-electron chi connectivity index (χ2n) is 5.17. The normalized spacial score (nSPS) is 12.9. The van der Waals surface area contributed by atoms with E-state index in [4.69, 9.17) is 10.5 Å². The standard InChI is InChI=1S/C13H21N3O2/c1-9-10(6-5-7-15-9)11(14)8-16-12(17)18-13(2,3)4/h5-7,11H,8,14H2,1-4H3,(H,16,17). The minimum absolute atomic E-state index is 0.286. The quantitative estimate of drug-likeness (QED) is 0.860. The number of nitrogens with one attached hydrogen (secondary N) is 1. The molecular weight excluding hydrogens is 230 g/mol. The second kappa shape index (κ2) is 5.82. The molecule has 0 fully saturated rings. The maximum absolute atomic E-state index is 11.5. The lowest BCUT2D eigenvalue weighted by Crippen LogP contribution is -2.36. The predicted octanol–water partition coefficient (Wildman–Crippen LogP) is 1.91. The summed E-state index contributed by atoms with van der Waals surface area (Å²) in [6, 6.07) is 3.45. The van der Waals surface area contributed by atoms with Crippen LogP contribution in [-0.2, 0) is 4.74 Å². The largest absolute Gasteiger partial charge is 0.444 e. The van der Waals surface area contributed by atoms with Crippen LogP contribution in [0, 0.1) is 6.92 Å². The Morgan fingerprint density at radius 2 is 2.22 bits per heavy atom. The first-order valence-corrected chi connectivity index (χ1v) is 5.93. The number of ether oxygens (including phenoxy) is 1. The number of hydrogen-bond acceptors (Lipinski definition) is 4. The summed E-state index contributed by atoms with van der Waals surface area (Å²) in [5.41, 5.74) is 7.29. The highest BCUT2D eigenvalue weighted by atomic mass is 16.6. The lowest BCUT2D eigenvalue weighted by atomic mass is 10.1. The van der Waals surface area contributed by atoms with Crippen molar-refractivity contribution in [3.05, 3.63) is 29.6 Å². The number of alkyl carbamates (subject to hydrolysis) is 1. The maximum Gasteiger partial charge on any atom is 0.407 e. The number of nitrogens with zero attached hydrogens (tertiary/aromatic N) is 1. The second-order valence-corrected chi connectivity index (χ2v) is 5.17. The zero-order valence-corrected chi connectivity index (χ0v) is 11.4. The average Bonchev–Trinajstić information content (AvgIpc) is 2.24. The number of nitrogens with two attached hydrogens (primary N) is 1. The number of carbonyl (C=O) groups excluding carboxylic acids is 1. The maximum atomic E-state index is 11.5. The molecule has 0 aliphatic rings. The molecule has 1 rings (SSSR count). The van der Waals surface area contributed by atoms with Gasteiger partial charge in [-0.3, -0.25) is 4.98 Å². The molecule has 5 nitrogen and oxygen atoms in total. The van der Waals surface area contributed by atoms with Crippen LogP contribution < -0.4 is 11.1 Å². The molecule has 1 aromatic rings. The Balaban J connectivity index is 2.49. The molecule has 18 heavy (non-hydrogen) atoms. The molecule has 3 N–H and O–H groups in total. The number of amides is 1. The fraction of sp³-hybridized carbons (Fsp3) is 0.538. The van der Waals surface area contributed by atoms with Crippen LogP contribution >= 0.6 is 0 Å². The summed E-state index contributed by atoms with van der Waals surface area (Å²) in [6.07, 6.45) is 1.26. The van der Waals surface area contributed by atoms with Crippen LogP contribution in [0.5, 0.6) is 0 Å². The van der Waals surface area contributed by atoms with Gasteiger partial charge in [0.25, 0.3) is 0 Å². The van der Waals surface area contributed by atoms with E-state index >= 15 is 0 Å². The Kier molecular flexibility index (Phi) is 4.67. The molecule has 0 bridgehead atoms. The van der Waals surface area contributed by atoms with Crippen molar-refractivity contribution in [2.75, 3.05) is 6.54 Å². The van der Waals surface area contributed by atoms with Gasteiger partial charge in [-0.2, -0.15) is 0 Å². The minimum Gasteiger partial charge on any atom is -0.444 e. The van der Waals surface area contributed by atoms with E-state index in [9.17, 15) is 4.79 Å². The van der Waals surface area contributed by atoms with Crippen LogP contribution in [0.3, 0.4) is 0 Å². The van der Waals surface area contributed by atoms with E-state index in [1.807, 2.05) is 39.8 Å². The third kappa shape index (κ3) is 4.71. The lowest BCUT2D eigenvalue weighted by Gasteiger charge is -2.21. The van der Waals surface area contributed by atoms with Gasteiger partial charge in [-0.15, -0.1) is 0 Å². The van der Waals surface area contributed by atoms with Gasteiger partial charge in [-0.25, -0.2) is 4.79 Å². The lowest BCUT2D eigenvalue weighted by molar-refractivity contribution is 0.0524. The van der Waals surface area contributed by atoms with Gasteiger partial charge in [0.15, 0.2) is 0 Å². The van der Waals surface area contributed by atoms with Gasteiger partial charge >= 0.3 is 6.09 Å². The number of hydrogen-bond donors (Lipinski definition) is 2. The Morgan fingerprint density at radius 3 is 2.78 bits per heavy atom. The Labute approximate surface area is 108 Å². The number of aryl methyl sites for hydroxylation is 1. The van der Waals surface area contributed by atoms with Crippen molar-refractivity contribution in [2.45, 2.75) is 39.3 Å². The molecule has 1 amide bonds. The van der Waals surface area contributed by atoms with Gasteiger partial charge in [-0.05, 0) is 39.3 Å². The molecule has 1 heterocycles. The van der Waals surface area contributed by atoms with Crippen molar-refractivity contribution in [3.63, 3.8) is 0 Å². The summed E-state index contributed by atoms with van der Waals surface area (Å²) in [5.74, 6) is 0. The molecule has 1 aromatic heterocycles. The van der Waals surface area contributed by atoms with Gasteiger partial charge in [0.05, 0.1) is 0 Å². The van der Waals surface area contributed by atoms with E-state index < -0.39 is 11.7 Å². The molecule has 0 spiro atoms. The van der Waals surface area contributed by atoms with Crippen LogP contribution in [0.25, 0.3) is 0 Å². The van der Waals surface area contributed by atoms with E-state index in [1.165, 1.54) is 0 Å². The average molecular weight is 251 g/mol. The smallest absolute Gasteiger partial charge is 0.407 e. The summed E-state index contributed by atoms with van der Waals surface area (Å²) in [6.45, 7) is 7.66. The van der Waals surface area contributed by atoms with Gasteiger partial charge in [-0.1, -0.05) is 6.07 Å². The fourth-order valence-electron chi connectivity index (χ4n) is 1.51. The summed E-state index contributed by atoms with van der Waals surface area (Å²) >= 11 is 0. The van der Waals surface area contributed by atoms with E-state index in [0.29, 0.717) is 6.54 Å². The first-order valence-electron chi connectivity index (χ1n) is 5.93. The highest BCUT2D eigenvalue weighted by Gasteiger charge is 2.17. The minimum atomic E-state index is -0.502. The zero-order valence-electron chi connectivity index (χ0n) is 11.4. The molecule has 1 unspecified atom stereocenters. The molecule has 0 aliphatic heterocycles. The monoisotopic (exact) mass is 251 g/mol. The van der Waals surface area contributed by atoms with Crippen molar-refractivity contribution in [3.8, 4) is 0 Å². The van der Waals surface area contributed by atoms with E-state index in [-0.39, 0.29) is 6.04 Å². The van der Waals surface area contributed by atoms with Crippen LogP contribution in [-0.4, -0.2) is 23.2 Å². The van der Waals surface area contributed by atoms with Crippen molar-refractivity contribution in [1.82, 2.24) is 10.3 Å². The molecule has 0 saturated carbocycles.